The molecular formula is C27H35N3O4. The van der Waals surface area contributed by atoms with E-state index < -0.39 is 11.7 Å². The first-order chi connectivity index (χ1) is 16.2. The molecular weight excluding hydrogens is 430 g/mol. The van der Waals surface area contributed by atoms with Crippen molar-refractivity contribution in [1.82, 2.24) is 10.6 Å². The Morgan fingerprint density at radius 2 is 1.71 bits per heavy atom. The maximum absolute atomic E-state index is 13.0. The van der Waals surface area contributed by atoms with Crippen LogP contribution in [-0.4, -0.2) is 42.6 Å². The number of nitrogens with one attached hydrogen (secondary N) is 2. The van der Waals surface area contributed by atoms with Crippen molar-refractivity contribution in [1.29, 1.82) is 0 Å². The topological polar surface area (TPSA) is 87.7 Å². The molecule has 3 rings (SSSR count). The van der Waals surface area contributed by atoms with Gasteiger partial charge in [-0.1, -0.05) is 48.5 Å². The molecule has 0 spiro atoms. The van der Waals surface area contributed by atoms with Crippen LogP contribution in [0, 0.1) is 0 Å². The number of anilines is 1. The van der Waals surface area contributed by atoms with E-state index in [9.17, 15) is 14.4 Å². The van der Waals surface area contributed by atoms with Gasteiger partial charge in [0.15, 0.2) is 0 Å². The Bertz CT molecular complexity index is 985. The van der Waals surface area contributed by atoms with Gasteiger partial charge < -0.3 is 20.3 Å². The van der Waals surface area contributed by atoms with Gasteiger partial charge in [-0.25, -0.2) is 4.79 Å². The molecule has 34 heavy (non-hydrogen) atoms. The van der Waals surface area contributed by atoms with Gasteiger partial charge in [0.2, 0.25) is 11.8 Å². The molecule has 0 unspecified atom stereocenters. The molecule has 2 aromatic rings. The highest BCUT2D eigenvalue weighted by Crippen LogP contribution is 2.28. The highest BCUT2D eigenvalue weighted by Gasteiger charge is 2.25. The molecule has 1 aliphatic heterocycles. The van der Waals surface area contributed by atoms with Crippen LogP contribution in [-0.2, 0) is 27.2 Å². The Hall–Kier alpha value is -3.35. The molecule has 7 heteroatoms. The minimum atomic E-state index is -0.633. The molecule has 3 amide bonds. The molecule has 7 nitrogen and oxygen atoms in total. The molecule has 1 heterocycles. The number of aryl methyl sites for hydroxylation is 1. The number of ether oxygens (including phenoxy) is 1. The number of rotatable bonds is 9. The highest BCUT2D eigenvalue weighted by molar-refractivity contribution is 5.95. The van der Waals surface area contributed by atoms with Crippen LogP contribution in [0.25, 0.3) is 0 Å². The summed E-state index contributed by atoms with van der Waals surface area (Å²) in [4.78, 5) is 39.2. The van der Waals surface area contributed by atoms with E-state index in [0.29, 0.717) is 25.8 Å². The van der Waals surface area contributed by atoms with E-state index in [0.717, 1.165) is 18.5 Å². The van der Waals surface area contributed by atoms with Gasteiger partial charge in [0.25, 0.3) is 0 Å². The van der Waals surface area contributed by atoms with Gasteiger partial charge in [0.1, 0.15) is 12.1 Å². The summed E-state index contributed by atoms with van der Waals surface area (Å²) < 4.78 is 5.18. The number of alkyl carbamates (subject to hydrolysis) is 1. The first-order valence-corrected chi connectivity index (χ1v) is 11.9. The van der Waals surface area contributed by atoms with Gasteiger partial charge in [-0.3, -0.25) is 9.59 Å². The quantitative estimate of drug-likeness (QED) is 0.586. The first kappa shape index (κ1) is 25.3. The van der Waals surface area contributed by atoms with Crippen LogP contribution in [0.5, 0.6) is 0 Å². The number of carbonyl (C=O) groups is 3. The summed E-state index contributed by atoms with van der Waals surface area (Å²) in [6, 6.07) is 17.8. The third-order valence-corrected chi connectivity index (χ3v) is 5.68. The number of fused-ring (bicyclic) bond motifs is 1. The lowest BCUT2D eigenvalue weighted by atomic mass is 10.0. The fraction of sp³-hybridized carbons (Fsp3) is 0.444. The Kier molecular flexibility index (Phi) is 8.68. The number of nitrogens with zero attached hydrogens (tertiary/aromatic N) is 1. The zero-order chi connectivity index (χ0) is 24.6. The largest absolute Gasteiger partial charge is 0.444 e. The van der Waals surface area contributed by atoms with Gasteiger partial charge >= 0.3 is 6.09 Å². The number of para-hydroxylation sites is 1. The van der Waals surface area contributed by atoms with E-state index in [1.807, 2.05) is 41.3 Å². The summed E-state index contributed by atoms with van der Waals surface area (Å²) in [7, 11) is 0. The van der Waals surface area contributed by atoms with E-state index >= 15 is 0 Å². The van der Waals surface area contributed by atoms with E-state index in [1.165, 1.54) is 11.1 Å². The smallest absolute Gasteiger partial charge is 0.408 e. The fourth-order valence-corrected chi connectivity index (χ4v) is 4.05. The van der Waals surface area contributed by atoms with Crippen LogP contribution in [0.2, 0.25) is 0 Å². The molecule has 2 aromatic carbocycles. The molecule has 1 aliphatic rings. The normalized spacial score (nSPS) is 13.7. The minimum absolute atomic E-state index is 0.0655. The summed E-state index contributed by atoms with van der Waals surface area (Å²) >= 11 is 0. The van der Waals surface area contributed by atoms with Crippen LogP contribution < -0.4 is 15.5 Å². The van der Waals surface area contributed by atoms with E-state index in [1.54, 1.807) is 20.8 Å². The number of hydrogen-bond acceptors (Lipinski definition) is 4. The number of hydrogen-bond donors (Lipinski definition) is 2. The first-order valence-electron chi connectivity index (χ1n) is 11.9. The van der Waals surface area contributed by atoms with E-state index in [-0.39, 0.29) is 24.4 Å². The Morgan fingerprint density at radius 1 is 1.00 bits per heavy atom. The van der Waals surface area contributed by atoms with Crippen molar-refractivity contribution in [2.45, 2.75) is 64.5 Å². The highest BCUT2D eigenvalue weighted by atomic mass is 16.6. The third kappa shape index (κ3) is 7.90. The van der Waals surface area contributed by atoms with Gasteiger partial charge in [-0.15, -0.1) is 0 Å². The van der Waals surface area contributed by atoms with Crippen LogP contribution >= 0.6 is 0 Å². The van der Waals surface area contributed by atoms with Crippen molar-refractivity contribution >= 4 is 23.6 Å². The molecule has 0 fully saturated rings. The third-order valence-electron chi connectivity index (χ3n) is 5.68. The van der Waals surface area contributed by atoms with Crippen LogP contribution in [0.4, 0.5) is 10.5 Å². The summed E-state index contributed by atoms with van der Waals surface area (Å²) in [5, 5.41) is 5.48. The molecule has 0 bridgehead atoms. The van der Waals surface area contributed by atoms with Gasteiger partial charge in [0.05, 0.1) is 0 Å². The van der Waals surface area contributed by atoms with Gasteiger partial charge in [0, 0.05) is 24.7 Å². The predicted molar refractivity (Wildman–Crippen MR) is 133 cm³/mol. The van der Waals surface area contributed by atoms with Crippen LogP contribution in [0.3, 0.4) is 0 Å². The number of carbonyl (C=O) groups excluding carboxylic acids is 3. The van der Waals surface area contributed by atoms with Gasteiger partial charge in [-0.05, 0) is 63.6 Å². The van der Waals surface area contributed by atoms with Crippen molar-refractivity contribution in [3.63, 3.8) is 0 Å². The summed E-state index contributed by atoms with van der Waals surface area (Å²) in [6.45, 7) is 5.81. The zero-order valence-electron chi connectivity index (χ0n) is 20.3. The van der Waals surface area contributed by atoms with Gasteiger partial charge in [-0.2, -0.15) is 0 Å². The fourth-order valence-electron chi connectivity index (χ4n) is 4.05. The average Bonchev–Trinajstić information content (AvgIpc) is 3.23. The SMILES string of the molecule is CC(C)(C)OC(=O)NCC(=O)N[C@H](CCC(=O)N1CCc2ccccc21)CCc1ccccc1. The second kappa shape index (κ2) is 11.7. The summed E-state index contributed by atoms with van der Waals surface area (Å²) in [5.74, 6) is -0.237. The standard InChI is InChI=1S/C27H35N3O4/c1-27(2,3)34-26(33)28-19-24(31)29-22(14-13-20-9-5-4-6-10-20)15-16-25(32)30-18-17-21-11-7-8-12-23(21)30/h4-12,22H,13-19H2,1-3H3,(H,28,33)(H,29,31)/t22-/m0/s1. The molecule has 0 aliphatic carbocycles. The zero-order valence-corrected chi connectivity index (χ0v) is 20.3. The van der Waals surface area contributed by atoms with Crippen LogP contribution in [0.15, 0.2) is 54.6 Å². The predicted octanol–water partition coefficient (Wildman–Crippen LogP) is 4.00. The molecule has 1 atom stereocenters. The summed E-state index contributed by atoms with van der Waals surface area (Å²) in [5.41, 5.74) is 2.72. The Morgan fingerprint density at radius 3 is 2.44 bits per heavy atom. The van der Waals surface area contributed by atoms with Crippen LogP contribution in [0.1, 0.15) is 51.2 Å². The Balaban J connectivity index is 1.55. The molecule has 2 N–H and O–H groups in total. The lowest BCUT2D eigenvalue weighted by Gasteiger charge is -2.22. The lowest BCUT2D eigenvalue weighted by molar-refractivity contribution is -0.122. The number of benzene rings is 2. The van der Waals surface area contributed by atoms with Crippen molar-refractivity contribution < 1.29 is 19.1 Å². The van der Waals surface area contributed by atoms with Crippen molar-refractivity contribution in [2.75, 3.05) is 18.0 Å². The van der Waals surface area contributed by atoms with E-state index in [2.05, 4.69) is 28.8 Å². The molecule has 0 aromatic heterocycles. The maximum atomic E-state index is 13.0. The Labute approximate surface area is 201 Å². The molecule has 182 valence electrons. The second-order valence-electron chi connectivity index (χ2n) is 9.61. The van der Waals surface area contributed by atoms with Crippen molar-refractivity contribution in [3.05, 3.63) is 65.7 Å². The monoisotopic (exact) mass is 465 g/mol. The molecule has 0 saturated heterocycles. The summed E-state index contributed by atoms with van der Waals surface area (Å²) in [6.07, 6.45) is 2.59. The molecule has 0 saturated carbocycles. The maximum Gasteiger partial charge on any atom is 0.408 e. The van der Waals surface area contributed by atoms with Crippen molar-refractivity contribution in [2.24, 2.45) is 0 Å². The van der Waals surface area contributed by atoms with Crippen molar-refractivity contribution in [3.8, 4) is 0 Å². The second-order valence-corrected chi connectivity index (χ2v) is 9.61. The molecule has 0 radical (unpaired) electrons. The average molecular weight is 466 g/mol. The lowest BCUT2D eigenvalue weighted by Crippen LogP contribution is -2.44. The number of amides is 3. The van der Waals surface area contributed by atoms with E-state index in [4.69, 9.17) is 4.74 Å². The minimum Gasteiger partial charge on any atom is -0.444 e.